The molecular formula is C9H12BrN3O2. The molecule has 0 bridgehead atoms. The minimum atomic E-state index is -0.582. The van der Waals surface area contributed by atoms with Crippen LogP contribution in [0.2, 0.25) is 0 Å². The topological polar surface area (TPSA) is 78.0 Å². The Morgan fingerprint density at radius 1 is 1.67 bits per heavy atom. The molecule has 0 atom stereocenters. The zero-order chi connectivity index (χ0) is 11.6. The third kappa shape index (κ3) is 2.89. The van der Waals surface area contributed by atoms with Crippen LogP contribution in [0.3, 0.4) is 0 Å². The quantitative estimate of drug-likeness (QED) is 0.877. The Kier molecular flexibility index (Phi) is 3.62. The van der Waals surface area contributed by atoms with Crippen molar-refractivity contribution in [1.82, 2.24) is 9.78 Å². The second kappa shape index (κ2) is 4.57. The molecular weight excluding hydrogens is 262 g/mol. The Morgan fingerprint density at radius 2 is 2.27 bits per heavy atom. The van der Waals surface area contributed by atoms with Gasteiger partial charge >= 0.3 is 0 Å². The van der Waals surface area contributed by atoms with Crippen molar-refractivity contribution in [2.75, 3.05) is 0 Å². The minimum Gasteiger partial charge on any atom is -0.368 e. The smallest absolute Gasteiger partial charge is 0.268 e. The molecule has 82 valence electrons. The first-order valence-electron chi connectivity index (χ1n) is 4.47. The van der Waals surface area contributed by atoms with E-state index in [9.17, 15) is 9.59 Å². The van der Waals surface area contributed by atoms with E-state index in [1.54, 1.807) is 0 Å². The zero-order valence-electron chi connectivity index (χ0n) is 8.53. The van der Waals surface area contributed by atoms with E-state index in [1.165, 1.54) is 6.07 Å². The lowest BCUT2D eigenvalue weighted by Crippen LogP contribution is -2.30. The fourth-order valence-corrected chi connectivity index (χ4v) is 1.87. The highest BCUT2D eigenvalue weighted by molar-refractivity contribution is 9.10. The van der Waals surface area contributed by atoms with Gasteiger partial charge in [-0.05, 0) is 21.8 Å². The molecule has 0 aliphatic rings. The summed E-state index contributed by atoms with van der Waals surface area (Å²) in [7, 11) is 0. The molecule has 0 aromatic carbocycles. The van der Waals surface area contributed by atoms with Crippen molar-refractivity contribution in [3.63, 3.8) is 0 Å². The molecule has 2 N–H and O–H groups in total. The van der Waals surface area contributed by atoms with Gasteiger partial charge in [0.15, 0.2) is 0 Å². The first-order chi connectivity index (χ1) is 6.91. The summed E-state index contributed by atoms with van der Waals surface area (Å²) < 4.78 is 1.73. The molecule has 1 aromatic heterocycles. The van der Waals surface area contributed by atoms with Gasteiger partial charge in [-0.25, -0.2) is 4.68 Å². The fourth-order valence-electron chi connectivity index (χ4n) is 1.14. The molecule has 1 rings (SSSR count). The summed E-state index contributed by atoms with van der Waals surface area (Å²) in [6.07, 6.45) is 0. The highest BCUT2D eigenvalue weighted by Crippen LogP contribution is 2.19. The van der Waals surface area contributed by atoms with Gasteiger partial charge in [0, 0.05) is 10.5 Å². The molecule has 6 heteroatoms. The van der Waals surface area contributed by atoms with E-state index < -0.39 is 5.91 Å². The maximum Gasteiger partial charge on any atom is 0.268 e. The van der Waals surface area contributed by atoms with Crippen molar-refractivity contribution in [3.05, 3.63) is 26.6 Å². The van der Waals surface area contributed by atoms with Gasteiger partial charge in [0.05, 0.1) is 5.69 Å². The maximum atomic E-state index is 11.4. The number of nitrogens with two attached hydrogens (primary N) is 1. The number of amides is 1. The van der Waals surface area contributed by atoms with Crippen LogP contribution in [-0.2, 0) is 11.3 Å². The lowest BCUT2D eigenvalue weighted by atomic mass is 10.1. The number of halogens is 1. The SMILES string of the molecule is CC(C)c1nn(CC(N)=O)c(=O)cc1Br. The first kappa shape index (κ1) is 11.9. The summed E-state index contributed by atoms with van der Waals surface area (Å²) in [4.78, 5) is 22.1. The van der Waals surface area contributed by atoms with Gasteiger partial charge in [-0.3, -0.25) is 9.59 Å². The van der Waals surface area contributed by atoms with E-state index in [0.717, 1.165) is 10.4 Å². The van der Waals surface area contributed by atoms with Crippen LogP contribution in [0.5, 0.6) is 0 Å². The highest BCUT2D eigenvalue weighted by Gasteiger charge is 2.11. The first-order valence-corrected chi connectivity index (χ1v) is 5.27. The molecule has 0 radical (unpaired) electrons. The van der Waals surface area contributed by atoms with Crippen molar-refractivity contribution in [1.29, 1.82) is 0 Å². The Balaban J connectivity index is 3.23. The van der Waals surface area contributed by atoms with Gasteiger partial charge < -0.3 is 5.73 Å². The molecule has 0 aliphatic heterocycles. The summed E-state index contributed by atoms with van der Waals surface area (Å²) in [5.41, 5.74) is 5.40. The van der Waals surface area contributed by atoms with Crippen LogP contribution in [-0.4, -0.2) is 15.7 Å². The van der Waals surface area contributed by atoms with Gasteiger partial charge in [0.1, 0.15) is 6.54 Å². The van der Waals surface area contributed by atoms with E-state index in [0.29, 0.717) is 4.47 Å². The van der Waals surface area contributed by atoms with Crippen LogP contribution in [0.25, 0.3) is 0 Å². The minimum absolute atomic E-state index is 0.166. The van der Waals surface area contributed by atoms with Crippen molar-refractivity contribution < 1.29 is 4.79 Å². The van der Waals surface area contributed by atoms with Crippen molar-refractivity contribution in [3.8, 4) is 0 Å². The molecule has 0 saturated heterocycles. The van der Waals surface area contributed by atoms with E-state index >= 15 is 0 Å². The van der Waals surface area contributed by atoms with E-state index in [4.69, 9.17) is 5.73 Å². The maximum absolute atomic E-state index is 11.4. The highest BCUT2D eigenvalue weighted by atomic mass is 79.9. The second-order valence-electron chi connectivity index (χ2n) is 3.49. The summed E-state index contributed by atoms with van der Waals surface area (Å²) >= 11 is 3.26. The predicted molar refractivity (Wildman–Crippen MR) is 59.5 cm³/mol. The fraction of sp³-hybridized carbons (Fsp3) is 0.444. The van der Waals surface area contributed by atoms with Crippen LogP contribution in [0.4, 0.5) is 0 Å². The Hall–Kier alpha value is -1.17. The van der Waals surface area contributed by atoms with E-state index in [-0.39, 0.29) is 18.0 Å². The number of carbonyl (C=O) groups is 1. The Labute approximate surface area is 95.4 Å². The van der Waals surface area contributed by atoms with E-state index in [1.807, 2.05) is 13.8 Å². The number of carbonyl (C=O) groups excluding carboxylic acids is 1. The van der Waals surface area contributed by atoms with Crippen LogP contribution in [0.15, 0.2) is 15.3 Å². The van der Waals surface area contributed by atoms with Gasteiger partial charge in [-0.2, -0.15) is 5.10 Å². The summed E-state index contributed by atoms with van der Waals surface area (Å²) in [5, 5.41) is 4.07. The average Bonchev–Trinajstić information content (AvgIpc) is 2.08. The van der Waals surface area contributed by atoms with Gasteiger partial charge in [0.25, 0.3) is 5.56 Å². The molecule has 0 aliphatic carbocycles. The van der Waals surface area contributed by atoms with Crippen LogP contribution in [0.1, 0.15) is 25.5 Å². The molecule has 1 heterocycles. The number of hydrogen-bond donors (Lipinski definition) is 1. The summed E-state index contributed by atoms with van der Waals surface area (Å²) in [6, 6.07) is 1.39. The zero-order valence-corrected chi connectivity index (χ0v) is 10.1. The number of primary amides is 1. The molecule has 1 amide bonds. The standard InChI is InChI=1S/C9H12BrN3O2/c1-5(2)9-6(10)3-8(15)13(12-9)4-7(11)14/h3,5H,4H2,1-2H3,(H2,11,14). The third-order valence-electron chi connectivity index (χ3n) is 1.83. The predicted octanol–water partition coefficient (Wildman–Crippen LogP) is 0.615. The number of aromatic nitrogens is 2. The van der Waals surface area contributed by atoms with Crippen molar-refractivity contribution in [2.45, 2.75) is 26.3 Å². The molecule has 0 fully saturated rings. The molecule has 0 spiro atoms. The monoisotopic (exact) mass is 273 g/mol. The lowest BCUT2D eigenvalue weighted by Gasteiger charge is -2.09. The summed E-state index contributed by atoms with van der Waals surface area (Å²) in [5.74, 6) is -0.416. The van der Waals surface area contributed by atoms with Gasteiger partial charge in [-0.1, -0.05) is 13.8 Å². The molecule has 1 aromatic rings. The Morgan fingerprint density at radius 3 is 2.73 bits per heavy atom. The number of hydrogen-bond acceptors (Lipinski definition) is 3. The van der Waals surface area contributed by atoms with Crippen molar-refractivity contribution in [2.24, 2.45) is 5.73 Å². The second-order valence-corrected chi connectivity index (χ2v) is 4.35. The molecule has 0 saturated carbocycles. The van der Waals surface area contributed by atoms with Crippen LogP contribution < -0.4 is 11.3 Å². The molecule has 15 heavy (non-hydrogen) atoms. The van der Waals surface area contributed by atoms with Crippen LogP contribution in [0, 0.1) is 0 Å². The largest absolute Gasteiger partial charge is 0.368 e. The van der Waals surface area contributed by atoms with E-state index in [2.05, 4.69) is 21.0 Å². The average molecular weight is 274 g/mol. The van der Waals surface area contributed by atoms with Crippen LogP contribution >= 0.6 is 15.9 Å². The normalized spacial score (nSPS) is 10.7. The lowest BCUT2D eigenvalue weighted by molar-refractivity contribution is -0.118. The number of rotatable bonds is 3. The third-order valence-corrected chi connectivity index (χ3v) is 2.47. The molecule has 5 nitrogen and oxygen atoms in total. The van der Waals surface area contributed by atoms with Gasteiger partial charge in [-0.15, -0.1) is 0 Å². The summed E-state index contributed by atoms with van der Waals surface area (Å²) in [6.45, 7) is 3.71. The van der Waals surface area contributed by atoms with Gasteiger partial charge in [0.2, 0.25) is 5.91 Å². The Bertz CT molecular complexity index is 439. The molecule has 0 unspecified atom stereocenters. The number of nitrogens with zero attached hydrogens (tertiary/aromatic N) is 2. The van der Waals surface area contributed by atoms with Crippen molar-refractivity contribution >= 4 is 21.8 Å².